The van der Waals surface area contributed by atoms with Gasteiger partial charge in [-0.2, -0.15) is 0 Å². The van der Waals surface area contributed by atoms with E-state index in [0.29, 0.717) is 0 Å². The van der Waals surface area contributed by atoms with Crippen molar-refractivity contribution in [2.45, 2.75) is 215 Å². The highest BCUT2D eigenvalue weighted by Crippen LogP contribution is 2.38. The van der Waals surface area contributed by atoms with Crippen molar-refractivity contribution in [1.82, 2.24) is 0 Å². The fraction of sp³-hybridized carbons (Fsp3) is 1.00. The molecule has 12 bridgehead atoms. The van der Waals surface area contributed by atoms with Gasteiger partial charge in [-0.15, -0.1) is 0 Å². The normalized spacial score (nSPS) is 54.4. The van der Waals surface area contributed by atoms with E-state index in [2.05, 4.69) is 4.74 Å². The number of aliphatic hydroxyl groups excluding tert-OH is 23. The molecular formula is C42H72O36. The van der Waals surface area contributed by atoms with Gasteiger partial charge in [0.05, 0.1) is 46.2 Å². The molecule has 23 heterocycles. The first-order valence-corrected chi connectivity index (χ1v) is 24.7. The molecule has 23 aliphatic heterocycles. The average molecular weight is 1150 g/mol. The van der Waals surface area contributed by atoms with Gasteiger partial charge >= 0.3 is 0 Å². The van der Waals surface area contributed by atoms with Gasteiger partial charge in [-0.1, -0.05) is 0 Å². The van der Waals surface area contributed by atoms with Crippen LogP contribution in [0.5, 0.6) is 0 Å². The predicted molar refractivity (Wildman–Crippen MR) is 232 cm³/mol. The third kappa shape index (κ3) is 12.9. The van der Waals surface area contributed by atoms with Gasteiger partial charge in [0.1, 0.15) is 171 Å². The smallest absolute Gasteiger partial charge is 0.187 e. The molecule has 0 saturated carbocycles. The molecule has 0 aromatic heterocycles. The molecule has 78 heavy (non-hydrogen) atoms. The largest absolute Gasteiger partial charge is 0.394 e. The van der Waals surface area contributed by atoms with Gasteiger partial charge in [-0.3, -0.25) is 0 Å². The van der Waals surface area contributed by atoms with Gasteiger partial charge < -0.3 is 179 Å². The van der Waals surface area contributed by atoms with Crippen molar-refractivity contribution in [2.24, 2.45) is 0 Å². The first-order chi connectivity index (χ1) is 37.0. The highest BCUT2D eigenvalue weighted by molar-refractivity contribution is 5.01. The fourth-order valence-corrected chi connectivity index (χ4v) is 10.0. The van der Waals surface area contributed by atoms with Crippen LogP contribution in [0, 0.1) is 0 Å². The highest BCUT2D eigenvalue weighted by Gasteiger charge is 2.59. The maximum Gasteiger partial charge on any atom is 0.187 e. The van der Waals surface area contributed by atoms with Crippen LogP contribution in [0.15, 0.2) is 0 Å². The fourth-order valence-electron chi connectivity index (χ4n) is 10.0. The monoisotopic (exact) mass is 1150 g/mol. The second kappa shape index (κ2) is 27.5. The van der Waals surface area contributed by atoms with E-state index in [1.165, 1.54) is 0 Å². The number of hydrogen-bond donors (Lipinski definition) is 23. The first kappa shape index (κ1) is 64.1. The lowest BCUT2D eigenvalue weighted by molar-refractivity contribution is -0.404. The van der Waals surface area contributed by atoms with E-state index in [1.807, 2.05) is 0 Å². The molecule has 23 aliphatic rings. The van der Waals surface area contributed by atoms with E-state index in [9.17, 15) is 91.9 Å². The third-order valence-corrected chi connectivity index (χ3v) is 14.5. The molecule has 0 aromatic carbocycles. The molecule has 0 radical (unpaired) electrons. The molecular weight excluding hydrogens is 1080 g/mol. The van der Waals surface area contributed by atoms with Crippen LogP contribution in [-0.4, -0.2) is 379 Å². The van der Waals surface area contributed by atoms with E-state index in [-0.39, 0.29) is 0 Å². The van der Waals surface area contributed by atoms with Crippen molar-refractivity contribution in [3.63, 3.8) is 0 Å². The molecule has 456 valence electrons. The van der Waals surface area contributed by atoms with E-state index in [0.717, 1.165) is 0 Å². The SMILES string of the molecule is OCC1OC(O)C(O)C(O)C1O.OC[C@H]1O[C@@H]2O[C@H]3C(O)C(O)[C@H](O[C@@H]3CO)O[C@H]3C(O)C(O)[C@H](O[C@@H]3CO)O[C@H]3C(O)C(O)[C@H](O[C@@H]3CO)O[C@H]3C(O)C(O)[C@H](O[C@@H]3CO)O[C@H]3C(O)C(O)C(OC1C(O)C2O)O[C@@H]3CO. The average Bonchev–Trinajstić information content (AvgIpc) is 3.57. The summed E-state index contributed by atoms with van der Waals surface area (Å²) < 4.78 is 72.4. The Morgan fingerprint density at radius 2 is 0.346 bits per heavy atom. The van der Waals surface area contributed by atoms with Crippen LogP contribution in [-0.2, 0) is 61.6 Å². The number of ether oxygens (including phenoxy) is 13. The van der Waals surface area contributed by atoms with E-state index < -0.39 is 261 Å². The van der Waals surface area contributed by atoms with Gasteiger partial charge in [-0.05, 0) is 0 Å². The van der Waals surface area contributed by atoms with E-state index >= 15 is 0 Å². The summed E-state index contributed by atoms with van der Waals surface area (Å²) in [6.45, 7) is -6.52. The molecule has 36 nitrogen and oxygen atoms in total. The Hall–Kier alpha value is -1.44. The van der Waals surface area contributed by atoms with Gasteiger partial charge in [0.25, 0.3) is 0 Å². The molecule has 0 spiro atoms. The van der Waals surface area contributed by atoms with Crippen molar-refractivity contribution in [3.05, 3.63) is 0 Å². The van der Waals surface area contributed by atoms with E-state index in [4.69, 9.17) is 82.4 Å². The van der Waals surface area contributed by atoms with Crippen LogP contribution in [0.3, 0.4) is 0 Å². The second-order valence-electron chi connectivity index (χ2n) is 19.6. The van der Waals surface area contributed by atoms with Crippen LogP contribution in [0.1, 0.15) is 0 Å². The Balaban J connectivity index is 0.000000649. The summed E-state index contributed by atoms with van der Waals surface area (Å²) in [6.07, 6.45) is -65.5. The van der Waals surface area contributed by atoms with Crippen LogP contribution < -0.4 is 0 Å². The summed E-state index contributed by atoms with van der Waals surface area (Å²) in [5.41, 5.74) is 0. The topological polar surface area (TPSA) is 585 Å². The Morgan fingerprint density at radius 3 is 0.513 bits per heavy atom. The van der Waals surface area contributed by atoms with Crippen LogP contribution in [0.4, 0.5) is 0 Å². The molecule has 0 aromatic rings. The second-order valence-corrected chi connectivity index (χ2v) is 19.6. The number of aliphatic hydroxyl groups is 23. The summed E-state index contributed by atoms with van der Waals surface area (Å²) in [6, 6.07) is 0. The maximum absolute atomic E-state index is 11.2. The quantitative estimate of drug-likeness (QED) is 0.113. The van der Waals surface area contributed by atoms with Crippen molar-refractivity contribution in [3.8, 4) is 0 Å². The summed E-state index contributed by atoms with van der Waals surface area (Å²) in [5.74, 6) is 0. The summed E-state index contributed by atoms with van der Waals surface area (Å²) in [7, 11) is 0. The molecule has 23 fully saturated rings. The van der Waals surface area contributed by atoms with Crippen LogP contribution >= 0.6 is 0 Å². The Kier molecular flexibility index (Phi) is 22.6. The van der Waals surface area contributed by atoms with Gasteiger partial charge in [0.15, 0.2) is 44.0 Å². The van der Waals surface area contributed by atoms with Crippen molar-refractivity contribution in [1.29, 1.82) is 0 Å². The third-order valence-electron chi connectivity index (χ3n) is 14.5. The molecule has 23 saturated heterocycles. The van der Waals surface area contributed by atoms with Gasteiger partial charge in [-0.25, -0.2) is 0 Å². The molecule has 36 heteroatoms. The molecule has 0 aliphatic carbocycles. The predicted octanol–water partition coefficient (Wildman–Crippen LogP) is -16.3. The first-order valence-electron chi connectivity index (χ1n) is 24.7. The zero-order chi connectivity index (χ0) is 57.3. The van der Waals surface area contributed by atoms with Crippen LogP contribution in [0.25, 0.3) is 0 Å². The molecule has 23 rings (SSSR count). The lowest BCUT2D eigenvalue weighted by atomic mass is 9.94. The summed E-state index contributed by atoms with van der Waals surface area (Å²) in [5, 5.41) is 240. The molecule has 23 N–H and O–H groups in total. The maximum atomic E-state index is 11.2. The molecule has 19 unspecified atom stereocenters. The minimum Gasteiger partial charge on any atom is -0.394 e. The number of rotatable bonds is 7. The minimum absolute atomic E-state index is 0.526. The van der Waals surface area contributed by atoms with Gasteiger partial charge in [0.2, 0.25) is 0 Å². The zero-order valence-electron chi connectivity index (χ0n) is 40.8. The zero-order valence-corrected chi connectivity index (χ0v) is 40.8. The van der Waals surface area contributed by atoms with Gasteiger partial charge in [0, 0.05) is 0 Å². The van der Waals surface area contributed by atoms with E-state index in [1.54, 1.807) is 0 Å². The lowest BCUT2D eigenvalue weighted by Crippen LogP contribution is -2.69. The highest BCUT2D eigenvalue weighted by atomic mass is 16.8. The summed E-state index contributed by atoms with van der Waals surface area (Å²) >= 11 is 0. The standard InChI is InChI=1S/C36H60O30.C6H12O6/c37-1-7-25-13(43)19(49)31(55-7)62-26-8(2-38)57-33(21(51)15(26)45)64-28-10(4-40)59-35(23(53)17(28)47)66-30-12(6-42)60-36(24(54)18(30)48)65-29-11(5-41)58-34(22(52)16(29)46)63-27-9(3-39)56-32(61-25)20(50)14(27)44;7-1-2-3(8)4(9)5(10)6(11)12-2/h7-54H,1-6H2;2-11H,1H2/t7-,8-,9-,10-,11-,12-,13?,14?,15?,16?,17?,18?,19?,20?,21?,22?,23?,24?,25-,26-,27-,28-,29-,30?,31-,32-,33-,34-,35?,36-;/m1./s1. The number of hydrogen-bond acceptors (Lipinski definition) is 36. The lowest BCUT2D eigenvalue weighted by Gasteiger charge is -2.50. The van der Waals surface area contributed by atoms with Crippen molar-refractivity contribution in [2.75, 3.05) is 46.2 Å². The van der Waals surface area contributed by atoms with Crippen molar-refractivity contribution < 1.29 is 179 Å². The molecule has 35 atom stereocenters. The Morgan fingerprint density at radius 1 is 0.167 bits per heavy atom. The summed E-state index contributed by atoms with van der Waals surface area (Å²) in [4.78, 5) is 0. The van der Waals surface area contributed by atoms with Crippen molar-refractivity contribution >= 4 is 0 Å². The Bertz CT molecular complexity index is 1520. The van der Waals surface area contributed by atoms with Crippen LogP contribution in [0.2, 0.25) is 0 Å². The molecule has 0 amide bonds. The Labute approximate surface area is 439 Å². The minimum atomic E-state index is -2.15.